The van der Waals surface area contributed by atoms with Gasteiger partial charge in [-0.05, 0) is 76.5 Å². The summed E-state index contributed by atoms with van der Waals surface area (Å²) in [6.07, 6.45) is 3.02. The lowest BCUT2D eigenvalue weighted by Crippen LogP contribution is -2.32. The van der Waals surface area contributed by atoms with Gasteiger partial charge in [-0.1, -0.05) is 36.4 Å². The van der Waals surface area contributed by atoms with Crippen LogP contribution in [0.25, 0.3) is 17.4 Å². The molecule has 2 aromatic heterocycles. The molecular weight excluding hydrogens is 549 g/mol. The van der Waals surface area contributed by atoms with Gasteiger partial charge in [-0.15, -0.1) is 11.3 Å². The van der Waals surface area contributed by atoms with Crippen molar-refractivity contribution in [3.8, 4) is 11.3 Å². The minimum Gasteiger partial charge on any atom is -0.455 e. The van der Waals surface area contributed by atoms with E-state index in [9.17, 15) is 9.59 Å². The first-order chi connectivity index (χ1) is 16.1. The number of rotatable bonds is 7. The summed E-state index contributed by atoms with van der Waals surface area (Å²) in [6.45, 7) is 0. The SMILES string of the molecule is O=C(N/N=C/c1ccc(-c2ccc(I)cc2)o1)/C(=C\c1cccs1)NC(=O)c1ccccc1. The van der Waals surface area contributed by atoms with Crippen LogP contribution in [0.2, 0.25) is 0 Å². The van der Waals surface area contributed by atoms with Crippen LogP contribution in [0.5, 0.6) is 0 Å². The van der Waals surface area contributed by atoms with Crippen LogP contribution in [0.3, 0.4) is 0 Å². The number of nitrogens with one attached hydrogen (secondary N) is 2. The number of halogens is 1. The number of thiophene rings is 1. The number of hydrogen-bond acceptors (Lipinski definition) is 5. The zero-order valence-corrected chi connectivity index (χ0v) is 20.2. The van der Waals surface area contributed by atoms with Gasteiger partial charge in [0.2, 0.25) is 0 Å². The first kappa shape index (κ1) is 22.7. The second-order valence-electron chi connectivity index (χ2n) is 6.80. The molecule has 0 saturated heterocycles. The van der Waals surface area contributed by atoms with E-state index in [2.05, 4.69) is 38.4 Å². The maximum Gasteiger partial charge on any atom is 0.287 e. The van der Waals surface area contributed by atoms with E-state index in [-0.39, 0.29) is 11.6 Å². The average molecular weight is 567 g/mol. The molecule has 4 aromatic rings. The summed E-state index contributed by atoms with van der Waals surface area (Å²) in [4.78, 5) is 26.1. The lowest BCUT2D eigenvalue weighted by atomic mass is 10.2. The maximum atomic E-state index is 12.8. The maximum absolute atomic E-state index is 12.8. The van der Waals surface area contributed by atoms with Crippen molar-refractivity contribution in [3.05, 3.63) is 110 Å². The molecule has 33 heavy (non-hydrogen) atoms. The summed E-state index contributed by atoms with van der Waals surface area (Å²) < 4.78 is 6.91. The Labute approximate surface area is 208 Å². The third-order valence-corrected chi connectivity index (χ3v) is 6.01. The quantitative estimate of drug-likeness (QED) is 0.133. The van der Waals surface area contributed by atoms with Crippen molar-refractivity contribution in [2.45, 2.75) is 0 Å². The molecule has 2 heterocycles. The van der Waals surface area contributed by atoms with Crippen LogP contribution in [-0.4, -0.2) is 18.0 Å². The number of hydrazone groups is 1. The summed E-state index contributed by atoms with van der Waals surface area (Å²) in [7, 11) is 0. The third kappa shape index (κ3) is 6.27. The number of carbonyl (C=O) groups excluding carboxylic acids is 2. The first-order valence-electron chi connectivity index (χ1n) is 9.89. The fraction of sp³-hybridized carbons (Fsp3) is 0. The monoisotopic (exact) mass is 567 g/mol. The molecule has 164 valence electrons. The summed E-state index contributed by atoms with van der Waals surface area (Å²) in [5, 5.41) is 8.54. The number of benzene rings is 2. The molecule has 0 atom stereocenters. The van der Waals surface area contributed by atoms with Gasteiger partial charge in [0.05, 0.1) is 6.21 Å². The van der Waals surface area contributed by atoms with Crippen molar-refractivity contribution in [2.75, 3.05) is 0 Å². The topological polar surface area (TPSA) is 83.7 Å². The van der Waals surface area contributed by atoms with Crippen molar-refractivity contribution < 1.29 is 14.0 Å². The number of nitrogens with zero attached hydrogens (tertiary/aromatic N) is 1. The summed E-state index contributed by atoms with van der Waals surface area (Å²) >= 11 is 3.70. The van der Waals surface area contributed by atoms with Gasteiger partial charge in [0, 0.05) is 19.6 Å². The molecule has 2 N–H and O–H groups in total. The van der Waals surface area contributed by atoms with Crippen LogP contribution in [-0.2, 0) is 4.79 Å². The van der Waals surface area contributed by atoms with Crippen molar-refractivity contribution in [1.29, 1.82) is 0 Å². The Hall–Kier alpha value is -3.50. The van der Waals surface area contributed by atoms with Gasteiger partial charge < -0.3 is 9.73 Å². The van der Waals surface area contributed by atoms with Crippen LogP contribution in [0, 0.1) is 3.57 Å². The Morgan fingerprint density at radius 3 is 2.45 bits per heavy atom. The fourth-order valence-electron chi connectivity index (χ4n) is 2.86. The van der Waals surface area contributed by atoms with Gasteiger partial charge >= 0.3 is 0 Å². The average Bonchev–Trinajstić information content (AvgIpc) is 3.52. The van der Waals surface area contributed by atoms with Gasteiger partial charge in [-0.2, -0.15) is 5.10 Å². The molecule has 0 aliphatic carbocycles. The van der Waals surface area contributed by atoms with E-state index in [4.69, 9.17) is 4.42 Å². The van der Waals surface area contributed by atoms with E-state index < -0.39 is 5.91 Å². The van der Waals surface area contributed by atoms with Crippen LogP contribution in [0.4, 0.5) is 0 Å². The van der Waals surface area contributed by atoms with Crippen molar-refractivity contribution in [2.24, 2.45) is 5.10 Å². The number of amides is 2. The van der Waals surface area contributed by atoms with E-state index in [0.717, 1.165) is 14.0 Å². The predicted octanol–water partition coefficient (Wildman–Crippen LogP) is 5.53. The summed E-state index contributed by atoms with van der Waals surface area (Å²) in [5.74, 6) is 0.257. The normalized spacial score (nSPS) is 11.5. The summed E-state index contributed by atoms with van der Waals surface area (Å²) in [5.41, 5.74) is 3.93. The van der Waals surface area contributed by atoms with Gasteiger partial charge in [0.15, 0.2) is 0 Å². The second kappa shape index (κ2) is 10.9. The molecular formula is C25H18IN3O3S. The highest BCUT2D eigenvalue weighted by atomic mass is 127. The molecule has 0 bridgehead atoms. The smallest absolute Gasteiger partial charge is 0.287 e. The van der Waals surface area contributed by atoms with Gasteiger partial charge in [-0.3, -0.25) is 9.59 Å². The molecule has 0 saturated carbocycles. The van der Waals surface area contributed by atoms with Crippen molar-refractivity contribution in [3.63, 3.8) is 0 Å². The molecule has 0 aliphatic rings. The first-order valence-corrected chi connectivity index (χ1v) is 11.8. The Balaban J connectivity index is 1.45. The van der Waals surface area contributed by atoms with Crippen LogP contribution in [0.1, 0.15) is 21.0 Å². The number of carbonyl (C=O) groups is 2. The molecule has 8 heteroatoms. The predicted molar refractivity (Wildman–Crippen MR) is 139 cm³/mol. The van der Waals surface area contributed by atoms with Crippen molar-refractivity contribution >= 4 is 58.0 Å². The molecule has 0 aliphatic heterocycles. The van der Waals surface area contributed by atoms with Gasteiger partial charge in [-0.25, -0.2) is 5.43 Å². The Bertz CT molecular complexity index is 1290. The van der Waals surface area contributed by atoms with E-state index in [1.807, 2.05) is 53.9 Å². The molecule has 2 aromatic carbocycles. The number of furan rings is 1. The zero-order valence-electron chi connectivity index (χ0n) is 17.2. The highest BCUT2D eigenvalue weighted by molar-refractivity contribution is 14.1. The highest BCUT2D eigenvalue weighted by Crippen LogP contribution is 2.22. The molecule has 0 unspecified atom stereocenters. The Morgan fingerprint density at radius 1 is 0.939 bits per heavy atom. The van der Waals surface area contributed by atoms with Crippen molar-refractivity contribution in [1.82, 2.24) is 10.7 Å². The van der Waals surface area contributed by atoms with Crippen LogP contribution >= 0.6 is 33.9 Å². The minimum absolute atomic E-state index is 0.0856. The highest BCUT2D eigenvalue weighted by Gasteiger charge is 2.14. The van der Waals surface area contributed by atoms with Gasteiger partial charge in [0.1, 0.15) is 17.2 Å². The Kier molecular flexibility index (Phi) is 7.48. The lowest BCUT2D eigenvalue weighted by molar-refractivity contribution is -0.117. The number of hydrogen-bond donors (Lipinski definition) is 2. The molecule has 6 nitrogen and oxygen atoms in total. The van der Waals surface area contributed by atoms with Crippen LogP contribution < -0.4 is 10.7 Å². The van der Waals surface area contributed by atoms with E-state index >= 15 is 0 Å². The van der Waals surface area contributed by atoms with Crippen LogP contribution in [0.15, 0.2) is 99.5 Å². The van der Waals surface area contributed by atoms with E-state index in [1.54, 1.807) is 36.4 Å². The molecule has 0 spiro atoms. The largest absolute Gasteiger partial charge is 0.455 e. The third-order valence-electron chi connectivity index (χ3n) is 4.47. The van der Waals surface area contributed by atoms with E-state index in [1.165, 1.54) is 17.6 Å². The molecule has 2 amide bonds. The Morgan fingerprint density at radius 2 is 1.73 bits per heavy atom. The molecule has 4 rings (SSSR count). The lowest BCUT2D eigenvalue weighted by Gasteiger charge is -2.08. The molecule has 0 fully saturated rings. The standard InChI is InChI=1S/C25H18IN3O3S/c26-19-10-8-17(9-11-19)23-13-12-20(32-23)16-27-29-25(31)22(15-21-7-4-14-33-21)28-24(30)18-5-2-1-3-6-18/h1-16H,(H,28,30)(H,29,31)/b22-15+,27-16+. The minimum atomic E-state index is -0.548. The zero-order chi connectivity index (χ0) is 23.0. The van der Waals surface area contributed by atoms with Gasteiger partial charge in [0.25, 0.3) is 11.8 Å². The second-order valence-corrected chi connectivity index (χ2v) is 9.03. The van der Waals surface area contributed by atoms with E-state index in [0.29, 0.717) is 17.1 Å². The molecule has 0 radical (unpaired) electrons. The summed E-state index contributed by atoms with van der Waals surface area (Å²) in [6, 6.07) is 24.0. The fourth-order valence-corrected chi connectivity index (χ4v) is 3.88.